The van der Waals surface area contributed by atoms with E-state index in [-0.39, 0.29) is 12.6 Å². The summed E-state index contributed by atoms with van der Waals surface area (Å²) in [6, 6.07) is 2.64. The smallest absolute Gasteiger partial charge is 0.231 e. The lowest BCUT2D eigenvalue weighted by Crippen LogP contribution is -1.93. The molecule has 1 aliphatic heterocycles. The number of ether oxygens (including phenoxy) is 2. The van der Waals surface area contributed by atoms with E-state index in [0.29, 0.717) is 16.0 Å². The molecule has 0 atom stereocenters. The van der Waals surface area contributed by atoms with Crippen LogP contribution in [-0.2, 0) is 0 Å². The van der Waals surface area contributed by atoms with Gasteiger partial charge in [0.15, 0.2) is 11.5 Å². The molecule has 0 radical (unpaired) electrons. The van der Waals surface area contributed by atoms with Crippen molar-refractivity contribution in [3.63, 3.8) is 0 Å². The highest BCUT2D eigenvalue weighted by Crippen LogP contribution is 2.39. The van der Waals surface area contributed by atoms with Gasteiger partial charge in [-0.3, -0.25) is 0 Å². The van der Waals surface area contributed by atoms with E-state index in [9.17, 15) is 4.39 Å². The number of hydrogen-bond donors (Lipinski definition) is 0. The van der Waals surface area contributed by atoms with Crippen molar-refractivity contribution in [3.8, 4) is 11.5 Å². The fourth-order valence-corrected chi connectivity index (χ4v) is 1.46. The monoisotopic (exact) mass is 218 g/mol. The van der Waals surface area contributed by atoms with E-state index in [1.807, 2.05) is 0 Å². The van der Waals surface area contributed by atoms with E-state index >= 15 is 0 Å². The molecule has 0 unspecified atom stereocenters. The Bertz CT molecular complexity index is 301. The summed E-state index contributed by atoms with van der Waals surface area (Å²) in [4.78, 5) is 0. The van der Waals surface area contributed by atoms with Crippen LogP contribution in [0.4, 0.5) is 4.39 Å². The van der Waals surface area contributed by atoms with E-state index in [0.717, 1.165) is 0 Å². The van der Waals surface area contributed by atoms with E-state index in [2.05, 4.69) is 15.9 Å². The molecule has 0 fully saturated rings. The van der Waals surface area contributed by atoms with Crippen molar-refractivity contribution in [1.82, 2.24) is 0 Å². The number of halogens is 2. The molecule has 11 heavy (non-hydrogen) atoms. The lowest BCUT2D eigenvalue weighted by atomic mass is 10.3. The molecule has 0 saturated heterocycles. The van der Waals surface area contributed by atoms with Crippen molar-refractivity contribution in [2.75, 3.05) is 6.79 Å². The first-order valence-corrected chi connectivity index (χ1v) is 3.81. The third-order valence-corrected chi connectivity index (χ3v) is 1.98. The highest BCUT2D eigenvalue weighted by Gasteiger charge is 2.17. The van der Waals surface area contributed by atoms with Gasteiger partial charge in [-0.2, -0.15) is 0 Å². The summed E-state index contributed by atoms with van der Waals surface area (Å²) in [5.74, 6) is 0.699. The Morgan fingerprint density at radius 3 is 3.00 bits per heavy atom. The Morgan fingerprint density at radius 1 is 1.36 bits per heavy atom. The Balaban J connectivity index is 2.60. The summed E-state index contributed by atoms with van der Waals surface area (Å²) in [6.07, 6.45) is 0. The topological polar surface area (TPSA) is 18.5 Å². The SMILES string of the molecule is Fc1cc(Br)c2c(c1)OCO2. The van der Waals surface area contributed by atoms with Crippen molar-refractivity contribution >= 4 is 15.9 Å². The molecule has 1 aromatic carbocycles. The van der Waals surface area contributed by atoms with E-state index in [1.165, 1.54) is 12.1 Å². The van der Waals surface area contributed by atoms with Crippen LogP contribution in [0, 0.1) is 5.82 Å². The summed E-state index contributed by atoms with van der Waals surface area (Å²) in [5, 5.41) is 0. The van der Waals surface area contributed by atoms with Crippen LogP contribution in [0.3, 0.4) is 0 Å². The first-order valence-electron chi connectivity index (χ1n) is 3.02. The summed E-state index contributed by atoms with van der Waals surface area (Å²) in [7, 11) is 0. The highest BCUT2D eigenvalue weighted by molar-refractivity contribution is 9.10. The average molecular weight is 219 g/mol. The van der Waals surface area contributed by atoms with Gasteiger partial charge in [-0.05, 0) is 22.0 Å². The van der Waals surface area contributed by atoms with Gasteiger partial charge < -0.3 is 9.47 Å². The van der Waals surface area contributed by atoms with E-state index in [1.54, 1.807) is 0 Å². The molecule has 0 N–H and O–H groups in total. The maximum absolute atomic E-state index is 12.7. The number of benzene rings is 1. The van der Waals surface area contributed by atoms with Crippen LogP contribution in [0.15, 0.2) is 16.6 Å². The van der Waals surface area contributed by atoms with E-state index in [4.69, 9.17) is 9.47 Å². The van der Waals surface area contributed by atoms with Crippen molar-refractivity contribution in [2.45, 2.75) is 0 Å². The Labute approximate surface area is 71.1 Å². The average Bonchev–Trinajstić information content (AvgIpc) is 2.34. The molecular weight excluding hydrogens is 215 g/mol. The maximum atomic E-state index is 12.7. The standard InChI is InChI=1S/C7H4BrFO2/c8-5-1-4(9)2-6-7(5)11-3-10-6/h1-2H,3H2. The molecule has 0 aliphatic carbocycles. The molecule has 58 valence electrons. The third-order valence-electron chi connectivity index (χ3n) is 1.39. The quantitative estimate of drug-likeness (QED) is 0.666. The molecule has 4 heteroatoms. The molecule has 1 aromatic rings. The van der Waals surface area contributed by atoms with Gasteiger partial charge in [-0.15, -0.1) is 0 Å². The van der Waals surface area contributed by atoms with Gasteiger partial charge in [0.1, 0.15) is 5.82 Å². The molecule has 0 saturated carbocycles. The summed E-state index contributed by atoms with van der Waals surface area (Å²) in [6.45, 7) is 0.164. The molecule has 0 bridgehead atoms. The second kappa shape index (κ2) is 2.37. The molecule has 1 aliphatic rings. The predicted molar refractivity (Wildman–Crippen MR) is 40.2 cm³/mol. The maximum Gasteiger partial charge on any atom is 0.231 e. The second-order valence-corrected chi connectivity index (χ2v) is 2.98. The number of hydrogen-bond acceptors (Lipinski definition) is 2. The zero-order valence-corrected chi connectivity index (χ0v) is 7.02. The van der Waals surface area contributed by atoms with Crippen LogP contribution in [0.1, 0.15) is 0 Å². The van der Waals surface area contributed by atoms with Gasteiger partial charge in [0.25, 0.3) is 0 Å². The van der Waals surface area contributed by atoms with Gasteiger partial charge in [0.2, 0.25) is 6.79 Å². The van der Waals surface area contributed by atoms with Gasteiger partial charge >= 0.3 is 0 Å². The fraction of sp³-hybridized carbons (Fsp3) is 0.143. The Kier molecular flexibility index (Phi) is 1.49. The Morgan fingerprint density at radius 2 is 2.18 bits per heavy atom. The lowest BCUT2D eigenvalue weighted by molar-refractivity contribution is 0.173. The van der Waals surface area contributed by atoms with Crippen molar-refractivity contribution < 1.29 is 13.9 Å². The van der Waals surface area contributed by atoms with E-state index < -0.39 is 0 Å². The molecule has 2 rings (SSSR count). The molecule has 2 nitrogen and oxygen atoms in total. The minimum Gasteiger partial charge on any atom is -0.453 e. The van der Waals surface area contributed by atoms with Crippen LogP contribution in [-0.4, -0.2) is 6.79 Å². The number of rotatable bonds is 0. The van der Waals surface area contributed by atoms with Crippen LogP contribution in [0.5, 0.6) is 11.5 Å². The van der Waals surface area contributed by atoms with Gasteiger partial charge in [-0.25, -0.2) is 4.39 Å². The fourth-order valence-electron chi connectivity index (χ4n) is 0.936. The van der Waals surface area contributed by atoms with Crippen molar-refractivity contribution in [3.05, 3.63) is 22.4 Å². The zero-order valence-electron chi connectivity index (χ0n) is 5.43. The van der Waals surface area contributed by atoms with Crippen molar-refractivity contribution in [1.29, 1.82) is 0 Å². The summed E-state index contributed by atoms with van der Waals surface area (Å²) in [5.41, 5.74) is 0. The molecule has 0 spiro atoms. The van der Waals surface area contributed by atoms with Crippen LogP contribution in [0.2, 0.25) is 0 Å². The lowest BCUT2D eigenvalue weighted by Gasteiger charge is -1.97. The first-order chi connectivity index (χ1) is 5.27. The molecule has 0 aromatic heterocycles. The molecule has 0 amide bonds. The zero-order chi connectivity index (χ0) is 7.84. The van der Waals surface area contributed by atoms with Crippen LogP contribution >= 0.6 is 15.9 Å². The van der Waals surface area contributed by atoms with Crippen LogP contribution < -0.4 is 9.47 Å². The van der Waals surface area contributed by atoms with Gasteiger partial charge in [0, 0.05) is 6.07 Å². The first kappa shape index (κ1) is 6.91. The predicted octanol–water partition coefficient (Wildman–Crippen LogP) is 2.32. The highest BCUT2D eigenvalue weighted by atomic mass is 79.9. The minimum absolute atomic E-state index is 0.164. The summed E-state index contributed by atoms with van der Waals surface area (Å²) < 4.78 is 23.3. The minimum atomic E-state index is -0.332. The van der Waals surface area contributed by atoms with Gasteiger partial charge in [-0.1, -0.05) is 0 Å². The number of fused-ring (bicyclic) bond motifs is 1. The van der Waals surface area contributed by atoms with Gasteiger partial charge in [0.05, 0.1) is 4.47 Å². The van der Waals surface area contributed by atoms with Crippen LogP contribution in [0.25, 0.3) is 0 Å². The summed E-state index contributed by atoms with van der Waals surface area (Å²) >= 11 is 3.15. The Hall–Kier alpha value is -0.770. The third kappa shape index (κ3) is 1.07. The largest absolute Gasteiger partial charge is 0.453 e. The molecule has 1 heterocycles. The molecular formula is C7H4BrFO2. The second-order valence-electron chi connectivity index (χ2n) is 2.12. The normalized spacial score (nSPS) is 13.6. The van der Waals surface area contributed by atoms with Crippen molar-refractivity contribution in [2.24, 2.45) is 0 Å².